The lowest BCUT2D eigenvalue weighted by Gasteiger charge is -2.28. The van der Waals surface area contributed by atoms with Gasteiger partial charge in [-0.1, -0.05) is 11.3 Å². The molecule has 44 heavy (non-hydrogen) atoms. The summed E-state index contributed by atoms with van der Waals surface area (Å²) >= 11 is 1.60. The molecule has 0 unspecified atom stereocenters. The van der Waals surface area contributed by atoms with Crippen LogP contribution in [0.5, 0.6) is 0 Å². The van der Waals surface area contributed by atoms with Gasteiger partial charge in [0.15, 0.2) is 5.01 Å². The van der Waals surface area contributed by atoms with E-state index in [1.165, 1.54) is 6.42 Å². The normalized spacial score (nSPS) is 22.2. The van der Waals surface area contributed by atoms with E-state index in [4.69, 9.17) is 4.98 Å². The molecule has 1 aliphatic carbocycles. The van der Waals surface area contributed by atoms with Crippen LogP contribution in [0.4, 0.5) is 10.8 Å². The first-order chi connectivity index (χ1) is 21.5. The molecule has 3 fully saturated rings. The third-order valence-corrected chi connectivity index (χ3v) is 10.3. The lowest BCUT2D eigenvalue weighted by Crippen LogP contribution is -2.47. The quantitative estimate of drug-likeness (QED) is 0.279. The molecule has 4 aromatic heterocycles. The Labute approximate surface area is 261 Å². The first-order valence-corrected chi connectivity index (χ1v) is 16.5. The number of nitrogens with zero attached hydrogens (tertiary/aromatic N) is 7. The Morgan fingerprint density at radius 2 is 1.93 bits per heavy atom. The van der Waals surface area contributed by atoms with E-state index in [-0.39, 0.29) is 23.9 Å². The van der Waals surface area contributed by atoms with Crippen LogP contribution >= 0.6 is 11.3 Å². The molecule has 3 aliphatic rings. The van der Waals surface area contributed by atoms with Crippen LogP contribution in [0.1, 0.15) is 51.5 Å². The Balaban J connectivity index is 1.11. The van der Waals surface area contributed by atoms with Gasteiger partial charge in [-0.25, -0.2) is 4.52 Å². The van der Waals surface area contributed by atoms with E-state index in [9.17, 15) is 10.1 Å². The summed E-state index contributed by atoms with van der Waals surface area (Å²) < 4.78 is 1.81. The van der Waals surface area contributed by atoms with Crippen molar-refractivity contribution in [2.75, 3.05) is 36.4 Å². The van der Waals surface area contributed by atoms with Crippen molar-refractivity contribution >= 4 is 33.6 Å². The van der Waals surface area contributed by atoms with Crippen LogP contribution in [-0.2, 0) is 4.79 Å². The number of fused-ring (bicyclic) bond motifs is 3. The number of piperidine rings is 1. The number of hydrogen-bond donors (Lipinski definition) is 3. The number of carbonyl (C=O) groups is 1. The van der Waals surface area contributed by atoms with Crippen molar-refractivity contribution in [3.8, 4) is 28.0 Å². The van der Waals surface area contributed by atoms with Crippen LogP contribution < -0.4 is 20.9 Å². The van der Waals surface area contributed by atoms with Crippen molar-refractivity contribution in [3.05, 3.63) is 42.2 Å². The molecule has 0 radical (unpaired) electrons. The molecule has 1 saturated carbocycles. The number of pyridine rings is 1. The lowest BCUT2D eigenvalue weighted by molar-refractivity contribution is -0.127. The van der Waals surface area contributed by atoms with Crippen molar-refractivity contribution in [1.29, 1.82) is 5.26 Å². The van der Waals surface area contributed by atoms with Gasteiger partial charge in [-0.2, -0.15) is 10.4 Å². The van der Waals surface area contributed by atoms with E-state index in [1.54, 1.807) is 22.0 Å². The molecule has 6 heterocycles. The zero-order valence-electron chi connectivity index (χ0n) is 25.2. The summed E-state index contributed by atoms with van der Waals surface area (Å²) in [5.74, 6) is 1.33. The number of carbonyl (C=O) groups excluding carboxylic acids is 1. The fourth-order valence-corrected chi connectivity index (χ4v) is 7.98. The molecule has 1 amide bonds. The maximum atomic E-state index is 13.1. The van der Waals surface area contributed by atoms with E-state index < -0.39 is 0 Å². The summed E-state index contributed by atoms with van der Waals surface area (Å²) in [5, 5.41) is 35.2. The minimum Gasteiger partial charge on any atom is -0.382 e. The Morgan fingerprint density at radius 3 is 2.75 bits per heavy atom. The van der Waals surface area contributed by atoms with Gasteiger partial charge >= 0.3 is 0 Å². The second-order valence-corrected chi connectivity index (χ2v) is 13.6. The van der Waals surface area contributed by atoms with E-state index in [2.05, 4.69) is 56.1 Å². The second-order valence-electron chi connectivity index (χ2n) is 12.6. The molecule has 2 aliphatic heterocycles. The maximum absolute atomic E-state index is 13.1. The van der Waals surface area contributed by atoms with Gasteiger partial charge in [0.25, 0.3) is 0 Å². The zero-order chi connectivity index (χ0) is 30.2. The molecule has 12 heteroatoms. The Bertz CT molecular complexity index is 1700. The summed E-state index contributed by atoms with van der Waals surface area (Å²) in [7, 11) is 0. The fourth-order valence-electron chi connectivity index (χ4n) is 7.08. The van der Waals surface area contributed by atoms with Crippen LogP contribution in [0.3, 0.4) is 0 Å². The lowest BCUT2D eigenvalue weighted by atomic mass is 9.93. The molecular formula is C32H38N10OS. The molecule has 228 valence electrons. The van der Waals surface area contributed by atoms with Crippen molar-refractivity contribution in [2.24, 2.45) is 17.8 Å². The molecular weight excluding hydrogens is 572 g/mol. The molecule has 0 aromatic carbocycles. The molecule has 11 nitrogen and oxygen atoms in total. The van der Waals surface area contributed by atoms with Gasteiger partial charge in [0.05, 0.1) is 34.2 Å². The molecule has 7 rings (SSSR count). The summed E-state index contributed by atoms with van der Waals surface area (Å²) in [6, 6.07) is 10.4. The van der Waals surface area contributed by atoms with Crippen LogP contribution in [-0.4, -0.2) is 69.0 Å². The largest absolute Gasteiger partial charge is 0.382 e. The number of rotatable bonds is 7. The van der Waals surface area contributed by atoms with Gasteiger partial charge < -0.3 is 20.9 Å². The van der Waals surface area contributed by atoms with Gasteiger partial charge in [-0.3, -0.25) is 9.78 Å². The Kier molecular flexibility index (Phi) is 7.91. The highest BCUT2D eigenvalue weighted by molar-refractivity contribution is 7.18. The van der Waals surface area contributed by atoms with Crippen molar-refractivity contribution in [3.63, 3.8) is 0 Å². The predicted octanol–water partition coefficient (Wildman–Crippen LogP) is 4.33. The van der Waals surface area contributed by atoms with E-state index in [0.29, 0.717) is 17.4 Å². The standard InChI is InChI=1S/C32H38N10OS/c1-19(2)37-26-14-27(28-6-5-24-13-20(15-33)16-36-42(24)28)35-17-25(26)31-39-40-32(44-31)41-12-9-21-3-4-23(18-41)29(21)38-30(43)22-7-10-34-11-8-22/h5-6,13-14,16-17,19,21-23,29,34H,3-4,7-12,18H2,1-2H3,(H,35,37)(H,38,43)/t21-,23+,29-/m1/s1. The van der Waals surface area contributed by atoms with E-state index in [1.807, 2.05) is 30.5 Å². The molecule has 2 bridgehead atoms. The van der Waals surface area contributed by atoms with Gasteiger partial charge in [-0.15, -0.1) is 10.2 Å². The molecule has 0 spiro atoms. The Morgan fingerprint density at radius 1 is 1.09 bits per heavy atom. The smallest absolute Gasteiger partial charge is 0.223 e. The van der Waals surface area contributed by atoms with Crippen molar-refractivity contribution in [1.82, 2.24) is 35.4 Å². The Hall–Kier alpha value is -4.08. The summed E-state index contributed by atoms with van der Waals surface area (Å²) in [4.78, 5) is 20.3. The number of aromatic nitrogens is 5. The third kappa shape index (κ3) is 5.62. The maximum Gasteiger partial charge on any atom is 0.223 e. The average Bonchev–Trinajstić information content (AvgIpc) is 3.74. The highest BCUT2D eigenvalue weighted by Crippen LogP contribution is 2.41. The minimum atomic E-state index is 0.137. The van der Waals surface area contributed by atoms with Gasteiger partial charge in [0, 0.05) is 43.0 Å². The molecule has 4 aromatic rings. The van der Waals surface area contributed by atoms with Crippen LogP contribution in [0.15, 0.2) is 36.7 Å². The van der Waals surface area contributed by atoms with Crippen LogP contribution in [0, 0.1) is 29.1 Å². The number of hydrogen-bond acceptors (Lipinski definition) is 10. The number of nitrogens with one attached hydrogen (secondary N) is 3. The van der Waals surface area contributed by atoms with Crippen LogP contribution in [0.25, 0.3) is 27.5 Å². The van der Waals surface area contributed by atoms with Gasteiger partial charge in [-0.05, 0) is 95.1 Å². The SMILES string of the molecule is CC(C)Nc1cc(-c2ccc3cc(C#N)cnn23)ncc1-c1nnc(N2CC[C@H]3CC[C@@H](C2)[C@@H]3NC(=O)C2CCNCC2)s1. The number of anilines is 2. The number of amides is 1. The summed E-state index contributed by atoms with van der Waals surface area (Å²) in [6.07, 6.45) is 8.67. The highest BCUT2D eigenvalue weighted by atomic mass is 32.1. The highest BCUT2D eigenvalue weighted by Gasteiger charge is 2.41. The second kappa shape index (κ2) is 12.1. The average molecular weight is 611 g/mol. The molecule has 3 N–H and O–H groups in total. The first-order valence-electron chi connectivity index (χ1n) is 15.7. The zero-order valence-corrected chi connectivity index (χ0v) is 26.0. The minimum absolute atomic E-state index is 0.137. The van der Waals surface area contributed by atoms with Crippen LogP contribution in [0.2, 0.25) is 0 Å². The monoisotopic (exact) mass is 610 g/mol. The van der Waals surface area contributed by atoms with Gasteiger partial charge in [0.2, 0.25) is 11.0 Å². The van der Waals surface area contributed by atoms with E-state index in [0.717, 1.165) is 90.2 Å². The molecule has 3 atom stereocenters. The first kappa shape index (κ1) is 28.7. The summed E-state index contributed by atoms with van der Waals surface area (Å²) in [5.41, 5.74) is 4.84. The topological polar surface area (TPSA) is 136 Å². The van der Waals surface area contributed by atoms with E-state index >= 15 is 0 Å². The van der Waals surface area contributed by atoms with Crippen molar-refractivity contribution in [2.45, 2.75) is 58.0 Å². The third-order valence-electron chi connectivity index (χ3n) is 9.32. The number of nitriles is 1. The summed E-state index contributed by atoms with van der Waals surface area (Å²) in [6.45, 7) is 7.89. The fraction of sp³-hybridized carbons (Fsp3) is 0.500. The predicted molar refractivity (Wildman–Crippen MR) is 171 cm³/mol. The van der Waals surface area contributed by atoms with Crippen molar-refractivity contribution < 1.29 is 4.79 Å². The van der Waals surface area contributed by atoms with Gasteiger partial charge in [0.1, 0.15) is 6.07 Å². The molecule has 2 saturated heterocycles.